The van der Waals surface area contributed by atoms with E-state index in [1.54, 1.807) is 12.1 Å². The molecule has 0 fully saturated rings. The number of thiazole rings is 1. The largest absolute Gasteiger partial charge is 0.486 e. The molecule has 6 heteroatoms. The standard InChI is InChI=1S/C18H15ClN2O2S/c19-13-6-8-16(9-7-13)23-11-18-21-15(12-24-18)10-17(22)20-14-4-2-1-3-5-14/h1-9,12H,10-11H2,(H,20,22). The molecule has 0 radical (unpaired) electrons. The number of hydrogen-bond acceptors (Lipinski definition) is 4. The number of aromatic nitrogens is 1. The highest BCUT2D eigenvalue weighted by atomic mass is 35.5. The maximum atomic E-state index is 12.0. The van der Waals surface area contributed by atoms with Crippen LogP contribution in [0.2, 0.25) is 5.02 Å². The summed E-state index contributed by atoms with van der Waals surface area (Å²) in [5, 5.41) is 6.22. The Kier molecular flexibility index (Phi) is 5.46. The predicted molar refractivity (Wildman–Crippen MR) is 96.7 cm³/mol. The van der Waals surface area contributed by atoms with Crippen LogP contribution < -0.4 is 10.1 Å². The quantitative estimate of drug-likeness (QED) is 0.703. The molecule has 0 aliphatic rings. The summed E-state index contributed by atoms with van der Waals surface area (Å²) >= 11 is 7.31. The lowest BCUT2D eigenvalue weighted by Crippen LogP contribution is -2.14. The first-order chi connectivity index (χ1) is 11.7. The summed E-state index contributed by atoms with van der Waals surface area (Å²) in [4.78, 5) is 16.4. The summed E-state index contributed by atoms with van der Waals surface area (Å²) in [5.41, 5.74) is 1.52. The van der Waals surface area contributed by atoms with Gasteiger partial charge in [0.25, 0.3) is 0 Å². The predicted octanol–water partition coefficient (Wildman–Crippen LogP) is 4.56. The Hall–Kier alpha value is -2.37. The van der Waals surface area contributed by atoms with Crippen LogP contribution in [-0.4, -0.2) is 10.9 Å². The molecule has 0 saturated heterocycles. The van der Waals surface area contributed by atoms with Crippen molar-refractivity contribution in [2.24, 2.45) is 0 Å². The Morgan fingerprint density at radius 1 is 1.12 bits per heavy atom. The molecule has 24 heavy (non-hydrogen) atoms. The Labute approximate surface area is 149 Å². The molecular formula is C18H15ClN2O2S. The van der Waals surface area contributed by atoms with Gasteiger partial charge in [-0.3, -0.25) is 4.79 Å². The van der Waals surface area contributed by atoms with Gasteiger partial charge in [0, 0.05) is 16.1 Å². The second-order valence-electron chi connectivity index (χ2n) is 5.07. The van der Waals surface area contributed by atoms with Crippen LogP contribution in [0.15, 0.2) is 60.0 Å². The first-order valence-electron chi connectivity index (χ1n) is 7.35. The van der Waals surface area contributed by atoms with Crippen LogP contribution in [0.3, 0.4) is 0 Å². The molecule has 0 saturated carbocycles. The molecule has 1 heterocycles. The number of benzene rings is 2. The number of carbonyl (C=O) groups excluding carboxylic acids is 1. The number of hydrogen-bond donors (Lipinski definition) is 1. The average Bonchev–Trinajstić information content (AvgIpc) is 3.02. The molecule has 1 amide bonds. The Balaban J connectivity index is 1.51. The van der Waals surface area contributed by atoms with E-state index in [-0.39, 0.29) is 12.3 Å². The minimum absolute atomic E-state index is 0.0864. The van der Waals surface area contributed by atoms with Gasteiger partial charge in [-0.1, -0.05) is 29.8 Å². The number of halogens is 1. The molecule has 0 bridgehead atoms. The first kappa shape index (κ1) is 16.5. The SMILES string of the molecule is O=C(Cc1csc(COc2ccc(Cl)cc2)n1)Nc1ccccc1. The number of para-hydroxylation sites is 1. The van der Waals surface area contributed by atoms with Gasteiger partial charge in [-0.05, 0) is 36.4 Å². The van der Waals surface area contributed by atoms with Gasteiger partial charge in [0.1, 0.15) is 17.4 Å². The third kappa shape index (κ3) is 4.81. The van der Waals surface area contributed by atoms with E-state index in [0.717, 1.165) is 22.1 Å². The van der Waals surface area contributed by atoms with Crippen molar-refractivity contribution in [3.05, 3.63) is 75.7 Å². The highest BCUT2D eigenvalue weighted by Gasteiger charge is 2.08. The molecule has 2 aromatic carbocycles. The highest BCUT2D eigenvalue weighted by Crippen LogP contribution is 2.18. The molecule has 122 valence electrons. The van der Waals surface area contributed by atoms with Crippen molar-refractivity contribution in [1.29, 1.82) is 0 Å². The highest BCUT2D eigenvalue weighted by molar-refractivity contribution is 7.09. The number of amides is 1. The fourth-order valence-corrected chi connectivity index (χ4v) is 2.89. The topological polar surface area (TPSA) is 51.2 Å². The summed E-state index contributed by atoms with van der Waals surface area (Å²) in [5.74, 6) is 0.648. The van der Waals surface area contributed by atoms with E-state index in [4.69, 9.17) is 16.3 Å². The molecule has 3 aromatic rings. The Bertz CT molecular complexity index is 803. The van der Waals surface area contributed by atoms with Gasteiger partial charge in [0.05, 0.1) is 12.1 Å². The molecular weight excluding hydrogens is 344 g/mol. The summed E-state index contributed by atoms with van der Waals surface area (Å²) < 4.78 is 5.65. The number of rotatable bonds is 6. The van der Waals surface area contributed by atoms with Crippen LogP contribution in [0.5, 0.6) is 5.75 Å². The number of ether oxygens (including phenoxy) is 1. The lowest BCUT2D eigenvalue weighted by atomic mass is 10.3. The van der Waals surface area contributed by atoms with Crippen LogP contribution in [0, 0.1) is 0 Å². The van der Waals surface area contributed by atoms with Gasteiger partial charge in [-0.25, -0.2) is 4.98 Å². The molecule has 0 unspecified atom stereocenters. The lowest BCUT2D eigenvalue weighted by molar-refractivity contribution is -0.115. The third-order valence-corrected chi connectivity index (χ3v) is 4.30. The zero-order valence-corrected chi connectivity index (χ0v) is 14.3. The van der Waals surface area contributed by atoms with E-state index in [1.807, 2.05) is 47.8 Å². The van der Waals surface area contributed by atoms with E-state index >= 15 is 0 Å². The van der Waals surface area contributed by atoms with Crippen molar-refractivity contribution in [3.8, 4) is 5.75 Å². The van der Waals surface area contributed by atoms with Gasteiger partial charge in [0.15, 0.2) is 0 Å². The van der Waals surface area contributed by atoms with Crippen molar-refractivity contribution in [2.45, 2.75) is 13.0 Å². The van der Waals surface area contributed by atoms with Gasteiger partial charge >= 0.3 is 0 Å². The number of carbonyl (C=O) groups is 1. The van der Waals surface area contributed by atoms with Gasteiger partial charge in [0.2, 0.25) is 5.91 Å². The van der Waals surface area contributed by atoms with Crippen LogP contribution >= 0.6 is 22.9 Å². The van der Waals surface area contributed by atoms with Crippen molar-refractivity contribution in [1.82, 2.24) is 4.98 Å². The maximum absolute atomic E-state index is 12.0. The normalized spacial score (nSPS) is 10.4. The van der Waals surface area contributed by atoms with Crippen molar-refractivity contribution < 1.29 is 9.53 Å². The fourth-order valence-electron chi connectivity index (χ4n) is 2.06. The molecule has 0 aliphatic heterocycles. The summed E-state index contributed by atoms with van der Waals surface area (Å²) in [7, 11) is 0. The molecule has 0 atom stereocenters. The molecule has 4 nitrogen and oxygen atoms in total. The Morgan fingerprint density at radius 3 is 2.62 bits per heavy atom. The number of anilines is 1. The van der Waals surface area contributed by atoms with E-state index in [0.29, 0.717) is 11.6 Å². The van der Waals surface area contributed by atoms with Crippen LogP contribution in [-0.2, 0) is 17.8 Å². The number of nitrogens with one attached hydrogen (secondary N) is 1. The molecule has 0 spiro atoms. The zero-order chi connectivity index (χ0) is 16.8. The molecule has 1 N–H and O–H groups in total. The average molecular weight is 359 g/mol. The lowest BCUT2D eigenvalue weighted by Gasteiger charge is -2.04. The maximum Gasteiger partial charge on any atom is 0.230 e. The van der Waals surface area contributed by atoms with E-state index < -0.39 is 0 Å². The first-order valence-corrected chi connectivity index (χ1v) is 8.61. The van der Waals surface area contributed by atoms with Crippen molar-refractivity contribution >= 4 is 34.5 Å². The smallest absolute Gasteiger partial charge is 0.230 e. The minimum Gasteiger partial charge on any atom is -0.486 e. The molecule has 3 rings (SSSR count). The fraction of sp³-hybridized carbons (Fsp3) is 0.111. The van der Waals surface area contributed by atoms with Crippen molar-refractivity contribution in [2.75, 3.05) is 5.32 Å². The van der Waals surface area contributed by atoms with Gasteiger partial charge in [-0.2, -0.15) is 0 Å². The summed E-state index contributed by atoms with van der Waals surface area (Å²) in [6, 6.07) is 16.5. The van der Waals surface area contributed by atoms with Crippen LogP contribution in [0.4, 0.5) is 5.69 Å². The molecule has 0 aliphatic carbocycles. The summed E-state index contributed by atoms with van der Waals surface area (Å²) in [6.07, 6.45) is 0.242. The van der Waals surface area contributed by atoms with Gasteiger partial charge < -0.3 is 10.1 Å². The second kappa shape index (κ2) is 7.95. The monoisotopic (exact) mass is 358 g/mol. The van der Waals surface area contributed by atoms with Crippen molar-refractivity contribution in [3.63, 3.8) is 0 Å². The van der Waals surface area contributed by atoms with Gasteiger partial charge in [-0.15, -0.1) is 11.3 Å². The number of nitrogens with zero attached hydrogens (tertiary/aromatic N) is 1. The second-order valence-corrected chi connectivity index (χ2v) is 6.45. The van der Waals surface area contributed by atoms with E-state index in [9.17, 15) is 4.79 Å². The Morgan fingerprint density at radius 2 is 1.88 bits per heavy atom. The zero-order valence-electron chi connectivity index (χ0n) is 12.7. The summed E-state index contributed by atoms with van der Waals surface area (Å²) in [6.45, 7) is 0.368. The van der Waals surface area contributed by atoms with Crippen LogP contribution in [0.1, 0.15) is 10.7 Å². The van der Waals surface area contributed by atoms with Crippen LogP contribution in [0.25, 0.3) is 0 Å². The molecule has 1 aromatic heterocycles. The van der Waals surface area contributed by atoms with E-state index in [2.05, 4.69) is 10.3 Å². The third-order valence-electron chi connectivity index (χ3n) is 3.17. The minimum atomic E-state index is -0.0864. The van der Waals surface area contributed by atoms with E-state index in [1.165, 1.54) is 11.3 Å².